The van der Waals surface area contributed by atoms with Crippen molar-refractivity contribution >= 4 is 45.6 Å². The van der Waals surface area contributed by atoms with Crippen LogP contribution in [0, 0.1) is 0 Å². The van der Waals surface area contributed by atoms with Crippen LogP contribution in [0.15, 0.2) is 0 Å². The molecule has 0 radical (unpaired) electrons. The lowest BCUT2D eigenvalue weighted by Crippen LogP contribution is -2.24. The normalized spacial score (nSPS) is 12.0. The fourth-order valence-electron chi connectivity index (χ4n) is 0.537. The third kappa shape index (κ3) is 7.73. The van der Waals surface area contributed by atoms with E-state index in [1.54, 1.807) is 0 Å². The summed E-state index contributed by atoms with van der Waals surface area (Å²) in [6.07, 6.45) is 2.34. The molecule has 0 saturated heterocycles. The molecule has 0 aliphatic carbocycles. The van der Waals surface area contributed by atoms with Gasteiger partial charge in [-0.3, -0.25) is 3.07 Å². The second kappa shape index (κ2) is 6.85. The number of unbranched alkanes of at least 4 members (excludes halogenated alkanes) is 1. The molecule has 0 amide bonds. The van der Waals surface area contributed by atoms with Gasteiger partial charge in [0, 0.05) is 0 Å². The summed E-state index contributed by atoms with van der Waals surface area (Å²) in [5.74, 6) is -0.425. The number of alkyl halides is 1. The predicted molar refractivity (Wildman–Crippen MR) is 63.3 cm³/mol. The summed E-state index contributed by atoms with van der Waals surface area (Å²) in [6.45, 7) is 4.63. The van der Waals surface area contributed by atoms with E-state index in [4.69, 9.17) is 7.80 Å². The van der Waals surface area contributed by atoms with Gasteiger partial charge in [0.25, 0.3) is 0 Å². The van der Waals surface area contributed by atoms with Gasteiger partial charge in [0.2, 0.25) is 0 Å². The van der Waals surface area contributed by atoms with Crippen molar-refractivity contribution < 1.29 is 7.80 Å². The molecule has 0 rings (SSSR count). The zero-order valence-electron chi connectivity index (χ0n) is 6.90. The molecule has 0 aromatic carbocycles. The van der Waals surface area contributed by atoms with Crippen LogP contribution in [0.5, 0.6) is 0 Å². The van der Waals surface area contributed by atoms with E-state index in [0.29, 0.717) is 0 Å². The molecule has 4 heteroatoms. The molecule has 68 valence electrons. The average molecular weight is 384 g/mol. The zero-order chi connectivity index (χ0) is 8.74. The van der Waals surface area contributed by atoms with Gasteiger partial charge in [-0.25, -0.2) is 0 Å². The molecule has 0 spiro atoms. The van der Waals surface area contributed by atoms with Gasteiger partial charge in [-0.2, -0.15) is 0 Å². The molecule has 0 heterocycles. The van der Waals surface area contributed by atoms with Crippen molar-refractivity contribution in [3.8, 4) is 0 Å². The van der Waals surface area contributed by atoms with E-state index in [-0.39, 0.29) is 0 Å². The van der Waals surface area contributed by atoms with E-state index in [9.17, 15) is 0 Å². The Bertz CT molecular complexity index is 96.4. The number of halogens is 2. The van der Waals surface area contributed by atoms with Crippen molar-refractivity contribution in [2.24, 2.45) is 0 Å². The van der Waals surface area contributed by atoms with Crippen LogP contribution in [0.2, 0.25) is 0 Å². The van der Waals surface area contributed by atoms with Crippen LogP contribution in [0.3, 0.4) is 0 Å². The van der Waals surface area contributed by atoms with Crippen LogP contribution in [-0.2, 0) is 7.80 Å². The van der Waals surface area contributed by atoms with E-state index in [2.05, 4.69) is 22.6 Å². The molecule has 0 aromatic heterocycles. The van der Waals surface area contributed by atoms with Gasteiger partial charge in [0.1, 0.15) is 23.0 Å². The number of rotatable bonds is 6. The fraction of sp³-hybridized carbons (Fsp3) is 1.00. The molecule has 0 bridgehead atoms. The first-order valence-corrected chi connectivity index (χ1v) is 6.02. The van der Waals surface area contributed by atoms with Gasteiger partial charge in [-0.15, -0.1) is 0 Å². The Kier molecular flexibility index (Phi) is 7.71. The molecule has 0 unspecified atom stereocenters. The first-order valence-electron chi connectivity index (χ1n) is 3.62. The van der Waals surface area contributed by atoms with E-state index in [0.717, 1.165) is 13.0 Å². The number of ether oxygens (including phenoxy) is 1. The topological polar surface area (TPSA) is 18.5 Å². The molecule has 0 saturated carbocycles. The van der Waals surface area contributed by atoms with Crippen LogP contribution >= 0.6 is 45.6 Å². The molecule has 0 aliphatic heterocycles. The molecule has 0 fully saturated rings. The first kappa shape index (κ1) is 12.4. The lowest BCUT2D eigenvalue weighted by atomic mass is 10.3. The highest BCUT2D eigenvalue weighted by Crippen LogP contribution is 2.15. The summed E-state index contributed by atoms with van der Waals surface area (Å²) in [7, 11) is 0. The van der Waals surface area contributed by atoms with Crippen molar-refractivity contribution in [2.75, 3.05) is 11.0 Å². The highest BCUT2D eigenvalue weighted by Gasteiger charge is 2.16. The Balaban J connectivity index is 3.23. The zero-order valence-corrected chi connectivity index (χ0v) is 11.2. The van der Waals surface area contributed by atoms with Crippen LogP contribution in [-0.4, -0.2) is 16.8 Å². The van der Waals surface area contributed by atoms with Crippen molar-refractivity contribution in [3.05, 3.63) is 0 Å². The summed E-state index contributed by atoms with van der Waals surface area (Å²) < 4.78 is 11.7. The second-order valence-corrected chi connectivity index (χ2v) is 4.24. The van der Waals surface area contributed by atoms with Gasteiger partial charge in [0.15, 0.2) is 5.79 Å². The van der Waals surface area contributed by atoms with Crippen molar-refractivity contribution in [2.45, 2.75) is 32.5 Å². The fourth-order valence-corrected chi connectivity index (χ4v) is 1.20. The highest BCUT2D eigenvalue weighted by atomic mass is 127. The van der Waals surface area contributed by atoms with E-state index >= 15 is 0 Å². The van der Waals surface area contributed by atoms with Crippen LogP contribution < -0.4 is 0 Å². The molecule has 0 aliphatic rings. The third-order valence-corrected chi connectivity index (χ3v) is 2.99. The van der Waals surface area contributed by atoms with Crippen molar-refractivity contribution in [1.82, 2.24) is 0 Å². The monoisotopic (exact) mass is 384 g/mol. The second-order valence-electron chi connectivity index (χ2n) is 2.72. The van der Waals surface area contributed by atoms with Crippen molar-refractivity contribution in [3.63, 3.8) is 0 Å². The standard InChI is InChI=1S/C7H14I2O2/c1-7(2,11-9)10-6-4-3-5-8/h3-6H2,1-2H3. The molecular weight excluding hydrogens is 370 g/mol. The largest absolute Gasteiger partial charge is 0.350 e. The van der Waals surface area contributed by atoms with Gasteiger partial charge < -0.3 is 4.74 Å². The lowest BCUT2D eigenvalue weighted by Gasteiger charge is -2.21. The maximum Gasteiger partial charge on any atom is 0.173 e. The average Bonchev–Trinajstić information content (AvgIpc) is 1.99. The highest BCUT2D eigenvalue weighted by molar-refractivity contribution is 14.1. The Morgan fingerprint density at radius 2 is 1.91 bits per heavy atom. The minimum atomic E-state index is -0.425. The van der Waals surface area contributed by atoms with Crippen LogP contribution in [0.1, 0.15) is 26.7 Å². The summed E-state index contributed by atoms with van der Waals surface area (Å²) >= 11 is 4.23. The SMILES string of the molecule is CC(C)(OI)OCCCCI. The van der Waals surface area contributed by atoms with Gasteiger partial charge in [-0.05, 0) is 31.1 Å². The summed E-state index contributed by atoms with van der Waals surface area (Å²) in [5.41, 5.74) is 0. The third-order valence-electron chi connectivity index (χ3n) is 1.16. The van der Waals surface area contributed by atoms with E-state index in [1.807, 2.05) is 36.9 Å². The van der Waals surface area contributed by atoms with Gasteiger partial charge in [0.05, 0.1) is 6.61 Å². The quantitative estimate of drug-likeness (QED) is 0.303. The molecule has 2 nitrogen and oxygen atoms in total. The first-order chi connectivity index (χ1) is 5.12. The maximum absolute atomic E-state index is 5.45. The molecule has 0 N–H and O–H groups in total. The predicted octanol–water partition coefficient (Wildman–Crippen LogP) is 3.32. The Morgan fingerprint density at radius 1 is 1.27 bits per heavy atom. The Hall–Kier alpha value is 1.38. The summed E-state index contributed by atoms with van der Waals surface area (Å²) in [5, 5.41) is 0. The summed E-state index contributed by atoms with van der Waals surface area (Å²) in [4.78, 5) is 0. The summed E-state index contributed by atoms with van der Waals surface area (Å²) in [6, 6.07) is 0. The molecular formula is C7H14I2O2. The maximum atomic E-state index is 5.45. The van der Waals surface area contributed by atoms with E-state index in [1.165, 1.54) is 10.8 Å². The lowest BCUT2D eigenvalue weighted by molar-refractivity contribution is -0.133. The molecule has 0 atom stereocenters. The number of hydrogen-bond acceptors (Lipinski definition) is 2. The van der Waals surface area contributed by atoms with Crippen molar-refractivity contribution in [1.29, 1.82) is 0 Å². The van der Waals surface area contributed by atoms with Crippen LogP contribution in [0.25, 0.3) is 0 Å². The van der Waals surface area contributed by atoms with Gasteiger partial charge in [-0.1, -0.05) is 22.6 Å². The Labute approximate surface area is 96.2 Å². The molecule has 0 aromatic rings. The van der Waals surface area contributed by atoms with Crippen LogP contribution in [0.4, 0.5) is 0 Å². The molecule has 11 heavy (non-hydrogen) atoms. The minimum absolute atomic E-state index is 0.425. The number of hydrogen-bond donors (Lipinski definition) is 0. The minimum Gasteiger partial charge on any atom is -0.350 e. The Morgan fingerprint density at radius 3 is 2.36 bits per heavy atom. The smallest absolute Gasteiger partial charge is 0.173 e. The van der Waals surface area contributed by atoms with Gasteiger partial charge >= 0.3 is 0 Å². The van der Waals surface area contributed by atoms with E-state index < -0.39 is 5.79 Å².